The number of hydrogen-bond donors (Lipinski definition) is 1. The van der Waals surface area contributed by atoms with Gasteiger partial charge in [-0.3, -0.25) is 4.90 Å². The topological polar surface area (TPSA) is 83.7 Å². The number of tetrazole rings is 1. The van der Waals surface area contributed by atoms with Gasteiger partial charge in [0.05, 0.1) is 12.2 Å². The second kappa shape index (κ2) is 6.92. The van der Waals surface area contributed by atoms with Crippen LogP contribution in [0.25, 0.3) is 11.4 Å². The summed E-state index contributed by atoms with van der Waals surface area (Å²) in [5, 5.41) is 14.1. The molecular formula is C17H22N6O. The maximum atomic E-state index is 5.70. The monoisotopic (exact) mass is 326 g/mol. The van der Waals surface area contributed by atoms with Gasteiger partial charge in [0.1, 0.15) is 5.76 Å². The van der Waals surface area contributed by atoms with E-state index in [0.29, 0.717) is 11.9 Å². The zero-order valence-electron chi connectivity index (χ0n) is 14.4. The Kier molecular flexibility index (Phi) is 4.71. The maximum absolute atomic E-state index is 5.70. The average Bonchev–Trinajstić information content (AvgIpc) is 3.24. The lowest BCUT2D eigenvalue weighted by molar-refractivity contribution is 0.133. The highest BCUT2D eigenvalue weighted by Crippen LogP contribution is 2.25. The van der Waals surface area contributed by atoms with Gasteiger partial charge in [0.2, 0.25) is 11.7 Å². The van der Waals surface area contributed by atoms with Gasteiger partial charge in [-0.05, 0) is 38.5 Å². The molecule has 2 heterocycles. The third-order valence-corrected chi connectivity index (χ3v) is 4.08. The summed E-state index contributed by atoms with van der Waals surface area (Å²) >= 11 is 0. The number of nitrogens with one attached hydrogen (secondary N) is 1. The molecule has 0 bridgehead atoms. The molecule has 0 aliphatic rings. The normalized spacial score (nSPS) is 12.9. The van der Waals surface area contributed by atoms with Gasteiger partial charge < -0.3 is 4.42 Å². The number of aromatic nitrogens is 5. The summed E-state index contributed by atoms with van der Waals surface area (Å²) < 4.78 is 5.70. The summed E-state index contributed by atoms with van der Waals surface area (Å²) in [5.41, 5.74) is 2.16. The molecule has 24 heavy (non-hydrogen) atoms. The van der Waals surface area contributed by atoms with Gasteiger partial charge in [-0.25, -0.2) is 4.98 Å². The van der Waals surface area contributed by atoms with Gasteiger partial charge in [-0.1, -0.05) is 24.3 Å². The molecule has 1 aromatic carbocycles. The van der Waals surface area contributed by atoms with Gasteiger partial charge in [0.15, 0.2) is 0 Å². The van der Waals surface area contributed by atoms with Crippen molar-refractivity contribution in [3.05, 3.63) is 47.7 Å². The summed E-state index contributed by atoms with van der Waals surface area (Å²) in [5.74, 6) is 2.19. The molecule has 0 amide bonds. The van der Waals surface area contributed by atoms with E-state index in [4.69, 9.17) is 4.42 Å². The number of H-pyrrole nitrogens is 1. The largest absolute Gasteiger partial charge is 0.444 e. The van der Waals surface area contributed by atoms with E-state index >= 15 is 0 Å². The van der Waals surface area contributed by atoms with Crippen molar-refractivity contribution < 1.29 is 4.42 Å². The molecule has 7 nitrogen and oxygen atoms in total. The maximum Gasteiger partial charge on any atom is 0.211 e. The molecule has 0 spiro atoms. The van der Waals surface area contributed by atoms with Crippen LogP contribution in [0.4, 0.5) is 0 Å². The van der Waals surface area contributed by atoms with E-state index in [1.165, 1.54) is 5.56 Å². The highest BCUT2D eigenvalue weighted by molar-refractivity contribution is 5.54. The van der Waals surface area contributed by atoms with Gasteiger partial charge >= 0.3 is 0 Å². The Morgan fingerprint density at radius 1 is 1.17 bits per heavy atom. The van der Waals surface area contributed by atoms with Crippen LogP contribution in [0.2, 0.25) is 0 Å². The highest BCUT2D eigenvalue weighted by Gasteiger charge is 2.22. The SMILES string of the molecule is Cc1cnc(C(C)N(Cc2ccc(-c3nn[nH]n3)cc2)C(C)C)o1. The molecule has 2 aromatic heterocycles. The Morgan fingerprint density at radius 2 is 1.92 bits per heavy atom. The van der Waals surface area contributed by atoms with Crippen LogP contribution in [0.3, 0.4) is 0 Å². The predicted molar refractivity (Wildman–Crippen MR) is 89.9 cm³/mol. The van der Waals surface area contributed by atoms with Crippen molar-refractivity contribution in [1.29, 1.82) is 0 Å². The van der Waals surface area contributed by atoms with Gasteiger partial charge in [0.25, 0.3) is 0 Å². The first-order valence-corrected chi connectivity index (χ1v) is 8.05. The fraction of sp³-hybridized carbons (Fsp3) is 0.412. The molecule has 7 heteroatoms. The van der Waals surface area contributed by atoms with Crippen molar-refractivity contribution in [2.75, 3.05) is 0 Å². The van der Waals surface area contributed by atoms with Gasteiger partial charge in [-0.2, -0.15) is 5.21 Å². The number of nitrogens with zero attached hydrogens (tertiary/aromatic N) is 5. The molecule has 0 saturated heterocycles. The summed E-state index contributed by atoms with van der Waals surface area (Å²) in [6.07, 6.45) is 1.77. The van der Waals surface area contributed by atoms with Crippen LogP contribution in [-0.4, -0.2) is 36.5 Å². The second-order valence-corrected chi connectivity index (χ2v) is 6.18. The third kappa shape index (κ3) is 3.51. The lowest BCUT2D eigenvalue weighted by Gasteiger charge is -2.31. The van der Waals surface area contributed by atoms with Crippen molar-refractivity contribution in [3.63, 3.8) is 0 Å². The lowest BCUT2D eigenvalue weighted by Crippen LogP contribution is -2.33. The quantitative estimate of drug-likeness (QED) is 0.749. The van der Waals surface area contributed by atoms with E-state index in [2.05, 4.69) is 63.4 Å². The fourth-order valence-corrected chi connectivity index (χ4v) is 2.73. The summed E-state index contributed by atoms with van der Waals surface area (Å²) in [7, 11) is 0. The molecule has 0 saturated carbocycles. The first kappa shape index (κ1) is 16.3. The van der Waals surface area contributed by atoms with Crippen LogP contribution >= 0.6 is 0 Å². The molecule has 3 rings (SSSR count). The Morgan fingerprint density at radius 3 is 2.46 bits per heavy atom. The van der Waals surface area contributed by atoms with E-state index < -0.39 is 0 Å². The van der Waals surface area contributed by atoms with Crippen molar-refractivity contribution in [2.24, 2.45) is 0 Å². The predicted octanol–water partition coefficient (Wildman–Crippen LogP) is 3.13. The summed E-state index contributed by atoms with van der Waals surface area (Å²) in [6.45, 7) is 9.21. The Labute approximate surface area is 141 Å². The van der Waals surface area contributed by atoms with E-state index in [9.17, 15) is 0 Å². The third-order valence-electron chi connectivity index (χ3n) is 4.08. The molecule has 0 radical (unpaired) electrons. The summed E-state index contributed by atoms with van der Waals surface area (Å²) in [6, 6.07) is 8.68. The van der Waals surface area contributed by atoms with E-state index in [0.717, 1.165) is 23.8 Å². The molecule has 1 N–H and O–H groups in total. The van der Waals surface area contributed by atoms with Crippen molar-refractivity contribution in [3.8, 4) is 11.4 Å². The van der Waals surface area contributed by atoms with Crippen LogP contribution in [0.5, 0.6) is 0 Å². The molecule has 3 aromatic rings. The highest BCUT2D eigenvalue weighted by atomic mass is 16.4. The minimum absolute atomic E-state index is 0.107. The number of hydrogen-bond acceptors (Lipinski definition) is 6. The smallest absolute Gasteiger partial charge is 0.211 e. The molecular weight excluding hydrogens is 304 g/mol. The number of aromatic amines is 1. The minimum atomic E-state index is 0.107. The van der Waals surface area contributed by atoms with Crippen LogP contribution in [-0.2, 0) is 6.54 Å². The zero-order chi connectivity index (χ0) is 17.1. The Bertz CT molecular complexity index is 763. The van der Waals surface area contributed by atoms with Gasteiger partial charge in [-0.15, -0.1) is 10.2 Å². The number of rotatable bonds is 6. The van der Waals surface area contributed by atoms with Crippen molar-refractivity contribution in [2.45, 2.75) is 46.3 Å². The van der Waals surface area contributed by atoms with E-state index in [-0.39, 0.29) is 6.04 Å². The van der Waals surface area contributed by atoms with Crippen molar-refractivity contribution >= 4 is 0 Å². The van der Waals surface area contributed by atoms with Crippen molar-refractivity contribution in [1.82, 2.24) is 30.5 Å². The Hall–Kier alpha value is -2.54. The minimum Gasteiger partial charge on any atom is -0.444 e. The molecule has 0 aliphatic heterocycles. The van der Waals surface area contributed by atoms with Crippen LogP contribution in [0.15, 0.2) is 34.9 Å². The first-order chi connectivity index (χ1) is 11.5. The number of aryl methyl sites for hydroxylation is 1. The lowest BCUT2D eigenvalue weighted by atomic mass is 10.1. The van der Waals surface area contributed by atoms with E-state index in [1.807, 2.05) is 19.1 Å². The molecule has 126 valence electrons. The zero-order valence-corrected chi connectivity index (χ0v) is 14.4. The molecule has 0 fully saturated rings. The standard InChI is InChI=1S/C17H22N6O/c1-11(2)23(13(4)17-18-9-12(3)24-17)10-14-5-7-15(8-6-14)16-19-21-22-20-16/h5-9,11,13H,10H2,1-4H3,(H,19,20,21,22). The average molecular weight is 326 g/mol. The number of benzene rings is 1. The molecule has 1 atom stereocenters. The second-order valence-electron chi connectivity index (χ2n) is 6.18. The van der Waals surface area contributed by atoms with E-state index in [1.54, 1.807) is 6.20 Å². The fourth-order valence-electron chi connectivity index (χ4n) is 2.73. The number of oxazole rings is 1. The van der Waals surface area contributed by atoms with Crippen LogP contribution in [0, 0.1) is 6.92 Å². The van der Waals surface area contributed by atoms with Gasteiger partial charge in [0, 0.05) is 18.2 Å². The summed E-state index contributed by atoms with van der Waals surface area (Å²) in [4.78, 5) is 6.73. The van der Waals surface area contributed by atoms with Crippen LogP contribution < -0.4 is 0 Å². The Balaban J connectivity index is 1.76. The first-order valence-electron chi connectivity index (χ1n) is 8.05. The molecule has 1 unspecified atom stereocenters. The van der Waals surface area contributed by atoms with Crippen LogP contribution in [0.1, 0.15) is 44.0 Å². The molecule has 0 aliphatic carbocycles.